The lowest BCUT2D eigenvalue weighted by atomic mass is 10.0. The van der Waals surface area contributed by atoms with Gasteiger partial charge in [0.1, 0.15) is 5.15 Å². The van der Waals surface area contributed by atoms with Crippen LogP contribution in [0, 0.1) is 5.41 Å². The lowest BCUT2D eigenvalue weighted by Crippen LogP contribution is -2.04. The Morgan fingerprint density at radius 2 is 2.04 bits per heavy atom. The fourth-order valence-electron chi connectivity index (χ4n) is 2.33. The number of hydrogen-bond donors (Lipinski definition) is 1. The first-order chi connectivity index (χ1) is 11.7. The third-order valence-electron chi connectivity index (χ3n) is 3.68. The van der Waals surface area contributed by atoms with Crippen molar-refractivity contribution in [3.8, 4) is 0 Å². The summed E-state index contributed by atoms with van der Waals surface area (Å²) >= 11 is 5.94. The predicted octanol–water partition coefficient (Wildman–Crippen LogP) is 4.24. The minimum atomic E-state index is -0.270. The second kappa shape index (κ2) is 7.27. The summed E-state index contributed by atoms with van der Waals surface area (Å²) in [6, 6.07) is 11.1. The predicted molar refractivity (Wildman–Crippen MR) is 97.2 cm³/mol. The van der Waals surface area contributed by atoms with Crippen LogP contribution in [0.3, 0.4) is 0 Å². The van der Waals surface area contributed by atoms with Gasteiger partial charge in [0.25, 0.3) is 0 Å². The van der Waals surface area contributed by atoms with Gasteiger partial charge in [-0.2, -0.15) is 0 Å². The molecule has 2 unspecified atom stereocenters. The molecular weight excluding hydrogens is 322 g/mol. The molecule has 3 rings (SSSR count). The van der Waals surface area contributed by atoms with Crippen molar-refractivity contribution in [2.45, 2.75) is 18.9 Å². The van der Waals surface area contributed by atoms with Gasteiger partial charge in [0.15, 0.2) is 0 Å². The van der Waals surface area contributed by atoms with Gasteiger partial charge in [-0.25, -0.2) is 4.98 Å². The van der Waals surface area contributed by atoms with E-state index >= 15 is 0 Å². The van der Waals surface area contributed by atoms with Gasteiger partial charge in [-0.05, 0) is 42.8 Å². The molecule has 0 amide bonds. The number of nitrogens with one attached hydrogen (secondary N) is 1. The Kier molecular flexibility index (Phi) is 4.91. The zero-order valence-electron chi connectivity index (χ0n) is 13.1. The van der Waals surface area contributed by atoms with Crippen molar-refractivity contribution in [2.75, 3.05) is 0 Å². The summed E-state index contributed by atoms with van der Waals surface area (Å²) in [5.41, 5.74) is 3.22. The molecule has 120 valence electrons. The standard InChI is InChI=1S/C18H16ClN5/c1-12(15-4-2-3-7-21-15)22-11-14(9-20)13-8-17-16(23-10-13)5-6-18(19)24-17/h2-12,14,20H,1H3. The van der Waals surface area contributed by atoms with Gasteiger partial charge >= 0.3 is 0 Å². The summed E-state index contributed by atoms with van der Waals surface area (Å²) in [5, 5.41) is 8.11. The molecule has 0 aliphatic carbocycles. The second-order valence-electron chi connectivity index (χ2n) is 5.36. The molecule has 3 heterocycles. The van der Waals surface area contributed by atoms with Crippen molar-refractivity contribution in [2.24, 2.45) is 4.99 Å². The SMILES string of the molecule is CC(N=CC(C=N)c1cnc2ccc(Cl)nc2c1)c1ccccn1. The molecule has 3 aromatic heterocycles. The molecule has 2 atom stereocenters. The van der Waals surface area contributed by atoms with Crippen molar-refractivity contribution < 1.29 is 0 Å². The number of halogens is 1. The Bertz CT molecular complexity index is 879. The van der Waals surface area contributed by atoms with Crippen LogP contribution in [0.5, 0.6) is 0 Å². The zero-order valence-corrected chi connectivity index (χ0v) is 13.9. The van der Waals surface area contributed by atoms with Gasteiger partial charge in [0.05, 0.1) is 28.7 Å². The number of rotatable bonds is 5. The van der Waals surface area contributed by atoms with Gasteiger partial charge in [0.2, 0.25) is 0 Å². The van der Waals surface area contributed by atoms with Crippen LogP contribution in [0.2, 0.25) is 5.15 Å². The summed E-state index contributed by atoms with van der Waals surface area (Å²) in [5.74, 6) is -0.270. The number of fused-ring (bicyclic) bond motifs is 1. The molecule has 0 fully saturated rings. The van der Waals surface area contributed by atoms with Crippen LogP contribution in [0.15, 0.2) is 53.8 Å². The minimum Gasteiger partial charge on any atom is -0.312 e. The van der Waals surface area contributed by atoms with Crippen LogP contribution < -0.4 is 0 Å². The molecular formula is C18H16ClN5. The van der Waals surface area contributed by atoms with E-state index in [2.05, 4.69) is 19.9 Å². The summed E-state index contributed by atoms with van der Waals surface area (Å²) in [7, 11) is 0. The molecule has 0 aliphatic heterocycles. The third-order valence-corrected chi connectivity index (χ3v) is 3.89. The molecule has 6 heteroatoms. The summed E-state index contributed by atoms with van der Waals surface area (Å²) in [6.07, 6.45) is 6.57. The highest BCUT2D eigenvalue weighted by Crippen LogP contribution is 2.20. The number of pyridine rings is 3. The van der Waals surface area contributed by atoms with E-state index in [0.717, 1.165) is 16.8 Å². The first-order valence-corrected chi connectivity index (χ1v) is 7.92. The van der Waals surface area contributed by atoms with E-state index in [-0.39, 0.29) is 12.0 Å². The highest BCUT2D eigenvalue weighted by atomic mass is 35.5. The van der Waals surface area contributed by atoms with Crippen molar-refractivity contribution >= 4 is 35.1 Å². The molecule has 0 saturated heterocycles. The average molecular weight is 338 g/mol. The Labute approximate surface area is 145 Å². The van der Waals surface area contributed by atoms with Crippen LogP contribution in [-0.2, 0) is 0 Å². The highest BCUT2D eigenvalue weighted by molar-refractivity contribution is 6.29. The summed E-state index contributed by atoms with van der Waals surface area (Å²) in [6.45, 7) is 1.97. The molecule has 0 bridgehead atoms. The monoisotopic (exact) mass is 337 g/mol. The zero-order chi connectivity index (χ0) is 16.9. The van der Waals surface area contributed by atoms with Crippen molar-refractivity contribution in [1.29, 1.82) is 5.41 Å². The fraction of sp³-hybridized carbons (Fsp3) is 0.167. The Hall–Kier alpha value is -2.66. The molecule has 0 spiro atoms. The first-order valence-electron chi connectivity index (χ1n) is 7.54. The van der Waals surface area contributed by atoms with Crippen LogP contribution in [0.4, 0.5) is 0 Å². The van der Waals surface area contributed by atoms with E-state index in [1.165, 1.54) is 6.21 Å². The molecule has 1 N–H and O–H groups in total. The normalized spacial score (nSPS) is 13.9. The molecule has 0 radical (unpaired) electrons. The molecule has 24 heavy (non-hydrogen) atoms. The van der Waals surface area contributed by atoms with E-state index in [0.29, 0.717) is 10.7 Å². The maximum atomic E-state index is 7.69. The van der Waals surface area contributed by atoms with Gasteiger partial charge in [0, 0.05) is 24.8 Å². The van der Waals surface area contributed by atoms with Gasteiger partial charge < -0.3 is 5.41 Å². The van der Waals surface area contributed by atoms with Crippen LogP contribution in [0.1, 0.15) is 30.1 Å². The Morgan fingerprint density at radius 1 is 1.17 bits per heavy atom. The van der Waals surface area contributed by atoms with E-state index in [1.54, 1.807) is 24.7 Å². The topological polar surface area (TPSA) is 74.9 Å². The lowest BCUT2D eigenvalue weighted by molar-refractivity contribution is 0.784. The van der Waals surface area contributed by atoms with E-state index in [9.17, 15) is 0 Å². The van der Waals surface area contributed by atoms with Crippen LogP contribution in [-0.4, -0.2) is 27.4 Å². The van der Waals surface area contributed by atoms with E-state index < -0.39 is 0 Å². The van der Waals surface area contributed by atoms with Crippen molar-refractivity contribution in [3.63, 3.8) is 0 Å². The van der Waals surface area contributed by atoms with Gasteiger partial charge in [-0.15, -0.1) is 0 Å². The molecule has 0 aromatic carbocycles. The molecule has 5 nitrogen and oxygen atoms in total. The summed E-state index contributed by atoms with van der Waals surface area (Å²) < 4.78 is 0. The fourth-order valence-corrected chi connectivity index (χ4v) is 2.48. The second-order valence-corrected chi connectivity index (χ2v) is 5.75. The van der Waals surface area contributed by atoms with E-state index in [4.69, 9.17) is 17.0 Å². The molecule has 0 saturated carbocycles. The number of aromatic nitrogens is 3. The molecule has 0 aliphatic rings. The van der Waals surface area contributed by atoms with E-state index in [1.807, 2.05) is 37.3 Å². The smallest absolute Gasteiger partial charge is 0.129 e. The maximum Gasteiger partial charge on any atom is 0.129 e. The van der Waals surface area contributed by atoms with Crippen molar-refractivity contribution in [3.05, 3.63) is 65.2 Å². The lowest BCUT2D eigenvalue weighted by Gasteiger charge is -2.09. The molecule has 3 aromatic rings. The Morgan fingerprint density at radius 3 is 2.79 bits per heavy atom. The third kappa shape index (κ3) is 3.63. The number of aliphatic imine (C=N–C) groups is 1. The van der Waals surface area contributed by atoms with Crippen LogP contribution >= 0.6 is 11.6 Å². The van der Waals surface area contributed by atoms with Gasteiger partial charge in [-0.3, -0.25) is 15.0 Å². The number of hydrogen-bond acceptors (Lipinski definition) is 5. The number of nitrogens with zero attached hydrogens (tertiary/aromatic N) is 4. The quantitative estimate of drug-likeness (QED) is 0.558. The van der Waals surface area contributed by atoms with Crippen molar-refractivity contribution in [1.82, 2.24) is 15.0 Å². The highest BCUT2D eigenvalue weighted by Gasteiger charge is 2.10. The van der Waals surface area contributed by atoms with Gasteiger partial charge in [-0.1, -0.05) is 17.7 Å². The minimum absolute atomic E-state index is 0.0744. The van der Waals surface area contributed by atoms with Crippen LogP contribution in [0.25, 0.3) is 11.0 Å². The summed E-state index contributed by atoms with van der Waals surface area (Å²) in [4.78, 5) is 17.5. The largest absolute Gasteiger partial charge is 0.312 e. The first kappa shape index (κ1) is 16.2. The average Bonchev–Trinajstić information content (AvgIpc) is 2.62. The Balaban J connectivity index is 1.86. The maximum absolute atomic E-state index is 7.69.